The van der Waals surface area contributed by atoms with E-state index < -0.39 is 22.6 Å². The predicted molar refractivity (Wildman–Crippen MR) is 141 cm³/mol. The van der Waals surface area contributed by atoms with E-state index in [-0.39, 0.29) is 22.2 Å². The number of nitrogens with zero attached hydrogens (tertiary/aromatic N) is 5. The highest BCUT2D eigenvalue weighted by Crippen LogP contribution is 2.27. The summed E-state index contributed by atoms with van der Waals surface area (Å²) in [4.78, 5) is 17.3. The fourth-order valence-electron chi connectivity index (χ4n) is 3.83. The van der Waals surface area contributed by atoms with Gasteiger partial charge in [-0.15, -0.1) is 0 Å². The average molecular weight is 554 g/mol. The van der Waals surface area contributed by atoms with Crippen molar-refractivity contribution in [2.24, 2.45) is 0 Å². The third-order valence-electron chi connectivity index (χ3n) is 5.75. The molecular formula is C26H22F3N7O2S. The zero-order valence-electron chi connectivity index (χ0n) is 20.5. The lowest BCUT2D eigenvalue weighted by atomic mass is 10.1. The minimum Gasteiger partial charge on any atom is -0.359 e. The number of anilines is 2. The number of benzene rings is 2. The van der Waals surface area contributed by atoms with E-state index in [1.54, 1.807) is 36.8 Å². The summed E-state index contributed by atoms with van der Waals surface area (Å²) >= 11 is 0. The molecule has 5 aromatic rings. The highest BCUT2D eigenvalue weighted by molar-refractivity contribution is 7.90. The van der Waals surface area contributed by atoms with Gasteiger partial charge in [0.05, 0.1) is 22.4 Å². The Morgan fingerprint density at radius 2 is 1.74 bits per heavy atom. The topological polar surface area (TPSA) is 115 Å². The van der Waals surface area contributed by atoms with E-state index in [2.05, 4.69) is 30.6 Å². The van der Waals surface area contributed by atoms with Crippen molar-refractivity contribution in [3.8, 4) is 16.9 Å². The van der Waals surface area contributed by atoms with Crippen LogP contribution in [0.1, 0.15) is 5.56 Å². The van der Waals surface area contributed by atoms with Crippen molar-refractivity contribution < 1.29 is 21.6 Å². The first-order valence-electron chi connectivity index (χ1n) is 11.7. The maximum absolute atomic E-state index is 13.0. The lowest BCUT2D eigenvalue weighted by molar-refractivity contribution is -0.115. The Balaban J connectivity index is 1.45. The molecule has 2 N–H and O–H groups in total. The largest absolute Gasteiger partial charge is 0.405 e. The first kappa shape index (κ1) is 26.1. The molecule has 0 radical (unpaired) electrons. The number of halogens is 3. The van der Waals surface area contributed by atoms with Gasteiger partial charge in [-0.1, -0.05) is 24.3 Å². The van der Waals surface area contributed by atoms with Gasteiger partial charge >= 0.3 is 6.18 Å². The van der Waals surface area contributed by atoms with Gasteiger partial charge in [0.15, 0.2) is 15.7 Å². The van der Waals surface area contributed by atoms with Gasteiger partial charge in [0.2, 0.25) is 5.95 Å². The first-order chi connectivity index (χ1) is 18.5. The molecule has 39 heavy (non-hydrogen) atoms. The minimum atomic E-state index is -4.48. The Hall–Kier alpha value is -4.52. The molecule has 0 saturated heterocycles. The average Bonchev–Trinajstić information content (AvgIpc) is 3.45. The second-order valence-electron chi connectivity index (χ2n) is 8.72. The van der Waals surface area contributed by atoms with Crippen LogP contribution in [0.4, 0.5) is 24.9 Å². The summed E-state index contributed by atoms with van der Waals surface area (Å²) in [6.45, 7) is -0.984. The molecule has 0 aliphatic heterocycles. The van der Waals surface area contributed by atoms with Crippen molar-refractivity contribution in [2.75, 3.05) is 23.4 Å². The SMILES string of the molecule is CS(=O)(=O)c1cccc(-c2ccc3nc(NCc4ccc(-n5ccnc5)cc4)nc(NCC(F)(F)F)c3n2)c1. The van der Waals surface area contributed by atoms with Crippen molar-refractivity contribution in [3.05, 3.63) is 84.9 Å². The van der Waals surface area contributed by atoms with Gasteiger partial charge in [0, 0.05) is 36.4 Å². The van der Waals surface area contributed by atoms with Crippen molar-refractivity contribution >= 4 is 32.6 Å². The molecule has 3 heterocycles. The van der Waals surface area contributed by atoms with E-state index in [1.165, 1.54) is 12.1 Å². The molecule has 0 amide bonds. The van der Waals surface area contributed by atoms with Crippen molar-refractivity contribution in [2.45, 2.75) is 17.6 Å². The van der Waals surface area contributed by atoms with Gasteiger partial charge in [0.1, 0.15) is 12.1 Å². The molecular weight excluding hydrogens is 531 g/mol. The van der Waals surface area contributed by atoms with E-state index >= 15 is 0 Å². The minimum absolute atomic E-state index is 0.101. The lowest BCUT2D eigenvalue weighted by Gasteiger charge is -2.14. The van der Waals surface area contributed by atoms with Crippen LogP contribution in [0.3, 0.4) is 0 Å². The molecule has 0 bridgehead atoms. The number of imidazole rings is 1. The van der Waals surface area contributed by atoms with Crippen LogP contribution in [0.25, 0.3) is 28.0 Å². The molecule has 0 unspecified atom stereocenters. The molecule has 200 valence electrons. The Bertz CT molecular complexity index is 1720. The number of pyridine rings is 1. The molecule has 0 atom stereocenters. The molecule has 0 spiro atoms. The number of fused-ring (bicyclic) bond motifs is 1. The molecule has 0 aliphatic carbocycles. The molecule has 0 fully saturated rings. The number of alkyl halides is 3. The van der Waals surface area contributed by atoms with E-state index in [4.69, 9.17) is 0 Å². The van der Waals surface area contributed by atoms with Gasteiger partial charge in [-0.2, -0.15) is 18.2 Å². The van der Waals surface area contributed by atoms with Crippen LogP contribution in [-0.4, -0.2) is 51.9 Å². The Labute approximate surface area is 221 Å². The smallest absolute Gasteiger partial charge is 0.359 e. The standard InChI is InChI=1S/C26H22F3N7O2S/c1-39(37,38)20-4-2-3-18(13-20)21-9-10-22-23(33-21)24(32-15-26(27,28)29)35-25(34-22)31-14-17-5-7-19(8-6-17)36-12-11-30-16-36/h2-13,16H,14-15H2,1H3,(H2,31,32,34,35). The monoisotopic (exact) mass is 553 g/mol. The summed E-state index contributed by atoms with van der Waals surface area (Å²) in [5, 5.41) is 5.38. The first-order valence-corrected chi connectivity index (χ1v) is 13.6. The summed E-state index contributed by atoms with van der Waals surface area (Å²) in [6.07, 6.45) is 1.81. The Morgan fingerprint density at radius 1 is 0.949 bits per heavy atom. The third kappa shape index (κ3) is 6.32. The highest BCUT2D eigenvalue weighted by Gasteiger charge is 2.27. The van der Waals surface area contributed by atoms with Crippen molar-refractivity contribution in [1.82, 2.24) is 24.5 Å². The molecule has 9 nitrogen and oxygen atoms in total. The van der Waals surface area contributed by atoms with Crippen LogP contribution < -0.4 is 10.6 Å². The van der Waals surface area contributed by atoms with Crippen LogP contribution >= 0.6 is 0 Å². The number of aromatic nitrogens is 5. The number of hydrogen-bond donors (Lipinski definition) is 2. The van der Waals surface area contributed by atoms with E-state index in [0.717, 1.165) is 17.5 Å². The predicted octanol–water partition coefficient (Wildman–Crippen LogP) is 4.87. The third-order valence-corrected chi connectivity index (χ3v) is 6.86. The summed E-state index contributed by atoms with van der Waals surface area (Å²) in [6, 6.07) is 17.0. The van der Waals surface area contributed by atoms with Crippen molar-refractivity contribution in [3.63, 3.8) is 0 Å². The maximum Gasteiger partial charge on any atom is 0.405 e. The zero-order valence-corrected chi connectivity index (χ0v) is 21.3. The number of rotatable bonds is 8. The fraction of sp³-hybridized carbons (Fsp3) is 0.154. The molecule has 13 heteroatoms. The summed E-state index contributed by atoms with van der Waals surface area (Å²) in [5.41, 5.74) is 3.13. The quantitative estimate of drug-likeness (QED) is 0.280. The number of nitrogens with one attached hydrogen (secondary N) is 2. The highest BCUT2D eigenvalue weighted by atomic mass is 32.2. The second kappa shape index (κ2) is 10.3. The number of sulfone groups is 1. The normalized spacial score (nSPS) is 12.0. The Kier molecular flexibility index (Phi) is 6.91. The summed E-state index contributed by atoms with van der Waals surface area (Å²) in [5.74, 6) is 0.0240. The molecule has 3 aromatic heterocycles. The van der Waals surface area contributed by atoms with Gasteiger partial charge in [-0.05, 0) is 42.0 Å². The number of hydrogen-bond acceptors (Lipinski definition) is 8. The lowest BCUT2D eigenvalue weighted by Crippen LogP contribution is -2.22. The summed E-state index contributed by atoms with van der Waals surface area (Å²) < 4.78 is 64.9. The summed E-state index contributed by atoms with van der Waals surface area (Å²) in [7, 11) is -3.46. The van der Waals surface area contributed by atoms with Crippen LogP contribution in [-0.2, 0) is 16.4 Å². The molecule has 0 aliphatic rings. The van der Waals surface area contributed by atoms with Crippen LogP contribution in [0, 0.1) is 0 Å². The van der Waals surface area contributed by atoms with Crippen molar-refractivity contribution in [1.29, 1.82) is 0 Å². The van der Waals surface area contributed by atoms with Crippen LogP contribution in [0.5, 0.6) is 0 Å². The van der Waals surface area contributed by atoms with Crippen LogP contribution in [0.15, 0.2) is 84.3 Å². The van der Waals surface area contributed by atoms with Gasteiger partial charge < -0.3 is 15.2 Å². The van der Waals surface area contributed by atoms with E-state index in [0.29, 0.717) is 23.3 Å². The Morgan fingerprint density at radius 3 is 2.44 bits per heavy atom. The molecule has 2 aromatic carbocycles. The van der Waals surface area contributed by atoms with Gasteiger partial charge in [0.25, 0.3) is 0 Å². The van der Waals surface area contributed by atoms with Gasteiger partial charge in [-0.3, -0.25) is 0 Å². The fourth-order valence-corrected chi connectivity index (χ4v) is 4.49. The molecule has 5 rings (SSSR count). The molecule has 0 saturated carbocycles. The van der Waals surface area contributed by atoms with Gasteiger partial charge in [-0.25, -0.2) is 23.4 Å². The second-order valence-corrected chi connectivity index (χ2v) is 10.7. The maximum atomic E-state index is 13.0. The zero-order chi connectivity index (χ0) is 27.6. The van der Waals surface area contributed by atoms with Crippen LogP contribution in [0.2, 0.25) is 0 Å². The van der Waals surface area contributed by atoms with E-state index in [1.807, 2.05) is 35.0 Å². The van der Waals surface area contributed by atoms with E-state index in [9.17, 15) is 21.6 Å².